The summed E-state index contributed by atoms with van der Waals surface area (Å²) in [4.78, 5) is 27.9. The van der Waals surface area contributed by atoms with Crippen molar-refractivity contribution in [3.05, 3.63) is 44.5 Å². The molecular formula is C25H30N4O3S3. The number of aryl methyl sites for hydroxylation is 2. The van der Waals surface area contributed by atoms with Crippen molar-refractivity contribution in [2.75, 3.05) is 18.2 Å². The molecule has 1 aliphatic carbocycles. The second kappa shape index (κ2) is 11.5. The normalized spacial score (nSPS) is 13.2. The van der Waals surface area contributed by atoms with Crippen molar-refractivity contribution in [2.45, 2.75) is 64.1 Å². The van der Waals surface area contributed by atoms with E-state index in [1.54, 1.807) is 11.3 Å². The third-order valence-corrected chi connectivity index (χ3v) is 9.25. The number of nitrogens with one attached hydrogen (secondary N) is 1. The van der Waals surface area contributed by atoms with Crippen LogP contribution in [0.1, 0.15) is 57.4 Å². The number of amides is 1. The predicted octanol–water partition coefficient (Wildman–Crippen LogP) is 5.91. The first-order valence-corrected chi connectivity index (χ1v) is 14.4. The van der Waals surface area contributed by atoms with Crippen LogP contribution >= 0.6 is 34.4 Å². The van der Waals surface area contributed by atoms with Gasteiger partial charge < -0.3 is 10.1 Å². The minimum Gasteiger partial charge on any atom is -0.465 e. The largest absolute Gasteiger partial charge is 0.465 e. The molecular weight excluding hydrogens is 501 g/mol. The van der Waals surface area contributed by atoms with E-state index >= 15 is 0 Å². The van der Waals surface area contributed by atoms with Crippen LogP contribution in [-0.4, -0.2) is 39.5 Å². The Morgan fingerprint density at radius 2 is 2.09 bits per heavy atom. The molecule has 0 aromatic carbocycles. The highest BCUT2D eigenvalue weighted by Crippen LogP contribution is 2.38. The summed E-state index contributed by atoms with van der Waals surface area (Å²) in [6, 6.07) is 0. The van der Waals surface area contributed by atoms with Crippen LogP contribution in [-0.2, 0) is 35.3 Å². The number of nitrogens with zero attached hydrogens (tertiary/aromatic N) is 3. The molecule has 0 bridgehead atoms. The number of fused-ring (bicyclic) bond motifs is 1. The first-order chi connectivity index (χ1) is 17.0. The molecule has 3 heterocycles. The van der Waals surface area contributed by atoms with Gasteiger partial charge in [-0.05, 0) is 50.2 Å². The molecule has 7 nitrogen and oxygen atoms in total. The number of hydrogen-bond donors (Lipinski definition) is 1. The highest BCUT2D eigenvalue weighted by atomic mass is 32.2. The molecule has 1 aliphatic rings. The second-order valence-corrected chi connectivity index (χ2v) is 11.5. The molecule has 0 atom stereocenters. The van der Waals surface area contributed by atoms with Gasteiger partial charge in [0.2, 0.25) is 5.91 Å². The molecule has 0 spiro atoms. The Labute approximate surface area is 218 Å². The monoisotopic (exact) mass is 530 g/mol. The fourth-order valence-corrected chi connectivity index (χ4v) is 7.42. The van der Waals surface area contributed by atoms with Crippen LogP contribution in [0.5, 0.6) is 0 Å². The molecule has 0 radical (unpaired) electrons. The van der Waals surface area contributed by atoms with E-state index in [1.807, 2.05) is 10.6 Å². The topological polar surface area (TPSA) is 86.1 Å². The summed E-state index contributed by atoms with van der Waals surface area (Å²) in [5.74, 6) is 0.373. The molecule has 0 aliphatic heterocycles. The zero-order chi connectivity index (χ0) is 24.9. The van der Waals surface area contributed by atoms with E-state index in [1.165, 1.54) is 45.5 Å². The number of methoxy groups -OCH3 is 1. The minimum absolute atomic E-state index is 0.155. The number of rotatable bonds is 9. The van der Waals surface area contributed by atoms with E-state index in [0.29, 0.717) is 22.3 Å². The second-order valence-electron chi connectivity index (χ2n) is 8.34. The number of carbonyl (C=O) groups is 2. The Bertz CT molecular complexity index is 1240. The average molecular weight is 531 g/mol. The summed E-state index contributed by atoms with van der Waals surface area (Å²) in [6.07, 6.45) is 7.80. The highest BCUT2D eigenvalue weighted by Gasteiger charge is 2.26. The van der Waals surface area contributed by atoms with Gasteiger partial charge in [0.15, 0.2) is 11.0 Å². The molecule has 0 unspecified atom stereocenters. The van der Waals surface area contributed by atoms with Crippen LogP contribution in [0.3, 0.4) is 0 Å². The zero-order valence-electron chi connectivity index (χ0n) is 20.3. The predicted molar refractivity (Wildman–Crippen MR) is 144 cm³/mol. The van der Waals surface area contributed by atoms with E-state index in [9.17, 15) is 9.59 Å². The van der Waals surface area contributed by atoms with Gasteiger partial charge in [0.1, 0.15) is 5.00 Å². The Morgan fingerprint density at radius 3 is 2.83 bits per heavy atom. The lowest BCUT2D eigenvalue weighted by Gasteiger charge is -2.09. The molecule has 1 amide bonds. The molecule has 4 rings (SSSR count). The molecule has 186 valence electrons. The van der Waals surface area contributed by atoms with Gasteiger partial charge >= 0.3 is 5.97 Å². The van der Waals surface area contributed by atoms with Crippen molar-refractivity contribution >= 4 is 51.3 Å². The van der Waals surface area contributed by atoms with Crippen LogP contribution in [0.2, 0.25) is 0 Å². The van der Waals surface area contributed by atoms with Crippen molar-refractivity contribution in [1.82, 2.24) is 14.8 Å². The summed E-state index contributed by atoms with van der Waals surface area (Å²) in [5, 5.41) is 15.2. The average Bonchev–Trinajstić information content (AvgIpc) is 3.47. The summed E-state index contributed by atoms with van der Waals surface area (Å²) >= 11 is 4.54. The van der Waals surface area contributed by atoms with Crippen molar-refractivity contribution in [1.29, 1.82) is 0 Å². The first kappa shape index (κ1) is 25.7. The Balaban J connectivity index is 1.52. The number of thioether (sulfide) groups is 1. The van der Waals surface area contributed by atoms with Crippen LogP contribution in [0.4, 0.5) is 5.00 Å². The minimum atomic E-state index is -0.388. The maximum atomic E-state index is 12.9. The molecule has 10 heteroatoms. The lowest BCUT2D eigenvalue weighted by atomic mass is 10.1. The number of aromatic nitrogens is 3. The Hall–Kier alpha value is -2.43. The van der Waals surface area contributed by atoms with Crippen molar-refractivity contribution < 1.29 is 14.3 Å². The van der Waals surface area contributed by atoms with Crippen molar-refractivity contribution in [3.8, 4) is 11.4 Å². The van der Waals surface area contributed by atoms with Gasteiger partial charge in [-0.2, -0.15) is 0 Å². The highest BCUT2D eigenvalue weighted by molar-refractivity contribution is 7.99. The van der Waals surface area contributed by atoms with E-state index in [2.05, 4.69) is 41.3 Å². The number of hydrogen-bond acceptors (Lipinski definition) is 8. The number of ether oxygens (including phenoxy) is 1. The lowest BCUT2D eigenvalue weighted by molar-refractivity contribution is -0.113. The van der Waals surface area contributed by atoms with Crippen molar-refractivity contribution in [3.63, 3.8) is 0 Å². The van der Waals surface area contributed by atoms with Crippen molar-refractivity contribution in [2.24, 2.45) is 0 Å². The Morgan fingerprint density at radius 1 is 1.29 bits per heavy atom. The summed E-state index contributed by atoms with van der Waals surface area (Å²) in [6.45, 7) is 8.69. The lowest BCUT2D eigenvalue weighted by Crippen LogP contribution is -2.16. The van der Waals surface area contributed by atoms with Crippen LogP contribution in [0.25, 0.3) is 11.4 Å². The maximum absolute atomic E-state index is 12.9. The van der Waals surface area contributed by atoms with Gasteiger partial charge in [0, 0.05) is 27.2 Å². The smallest absolute Gasteiger partial charge is 0.341 e. The molecule has 3 aromatic rings. The summed E-state index contributed by atoms with van der Waals surface area (Å²) < 4.78 is 7.04. The SMILES string of the molecule is C=CCn1c(SCC(=O)Nc2sc3c(c2C(=O)OC)CCCCC3)nnc1-c1csc(C)c1CC. The fourth-order valence-electron chi connectivity index (χ4n) is 4.44. The number of carbonyl (C=O) groups excluding carboxylic acids is 2. The van der Waals surface area contributed by atoms with Crippen LogP contribution in [0, 0.1) is 6.92 Å². The third-order valence-electron chi connectivity index (χ3n) is 6.12. The van der Waals surface area contributed by atoms with E-state index in [0.717, 1.165) is 55.5 Å². The van der Waals surface area contributed by atoms with Crippen LogP contribution in [0.15, 0.2) is 23.2 Å². The van der Waals surface area contributed by atoms with E-state index in [4.69, 9.17) is 4.74 Å². The molecule has 0 saturated carbocycles. The number of esters is 1. The quantitative estimate of drug-likeness (QED) is 0.160. The first-order valence-electron chi connectivity index (χ1n) is 11.7. The molecule has 0 saturated heterocycles. The van der Waals surface area contributed by atoms with Gasteiger partial charge in [0.05, 0.1) is 18.4 Å². The molecule has 0 fully saturated rings. The van der Waals surface area contributed by atoms with Crippen LogP contribution < -0.4 is 5.32 Å². The zero-order valence-corrected chi connectivity index (χ0v) is 22.8. The number of allylic oxidation sites excluding steroid dienone is 1. The van der Waals surface area contributed by atoms with Gasteiger partial charge in [-0.3, -0.25) is 9.36 Å². The summed E-state index contributed by atoms with van der Waals surface area (Å²) in [5.41, 5.74) is 3.92. The number of thiophene rings is 2. The molecule has 1 N–H and O–H groups in total. The standard InChI is InChI=1S/C25H30N4O3S3/c1-5-12-29-22(18-13-33-15(3)16(18)6-2)27-28-25(29)34-14-20(30)26-23-21(24(31)32-4)17-10-8-7-9-11-19(17)35-23/h5,13H,1,6-12,14H2,2-4H3,(H,26,30). The van der Waals surface area contributed by atoms with Gasteiger partial charge in [0.25, 0.3) is 0 Å². The van der Waals surface area contributed by atoms with Gasteiger partial charge in [-0.15, -0.1) is 39.4 Å². The molecule has 3 aromatic heterocycles. The summed E-state index contributed by atoms with van der Waals surface area (Å²) in [7, 11) is 1.38. The van der Waals surface area contributed by atoms with Gasteiger partial charge in [-0.25, -0.2) is 4.79 Å². The van der Waals surface area contributed by atoms with Gasteiger partial charge in [-0.1, -0.05) is 31.2 Å². The Kier molecular flexibility index (Phi) is 8.46. The van der Waals surface area contributed by atoms with E-state index in [-0.39, 0.29) is 17.6 Å². The van der Waals surface area contributed by atoms with E-state index < -0.39 is 0 Å². The molecule has 35 heavy (non-hydrogen) atoms. The number of anilines is 1. The fraction of sp³-hybridized carbons (Fsp3) is 0.440. The maximum Gasteiger partial charge on any atom is 0.341 e. The third kappa shape index (κ3) is 5.39.